The van der Waals surface area contributed by atoms with E-state index in [9.17, 15) is 14.4 Å². The van der Waals surface area contributed by atoms with Crippen molar-refractivity contribution < 1.29 is 4.39 Å². The number of anilines is 1. The summed E-state index contributed by atoms with van der Waals surface area (Å²) in [7, 11) is 1.65. The van der Waals surface area contributed by atoms with Gasteiger partial charge in [0.2, 0.25) is 0 Å². The lowest BCUT2D eigenvalue weighted by molar-refractivity contribution is 0.0895. The molecular weight excluding hydrogens is 441 g/mol. The second-order valence-corrected chi connectivity index (χ2v) is 9.30. The first kappa shape index (κ1) is 21.9. The van der Waals surface area contributed by atoms with E-state index >= 15 is 0 Å². The number of nitrogens with zero attached hydrogens (tertiary/aromatic N) is 5. The van der Waals surface area contributed by atoms with Crippen LogP contribution in [0.15, 0.2) is 41.2 Å². The Bertz CT molecular complexity index is 1290. The van der Waals surface area contributed by atoms with Crippen molar-refractivity contribution >= 4 is 28.3 Å². The van der Waals surface area contributed by atoms with Crippen molar-refractivity contribution in [3.05, 3.63) is 68.8 Å². The number of aromatic nitrogens is 2. The molecule has 3 aromatic rings. The van der Waals surface area contributed by atoms with Crippen LogP contribution in [0.2, 0.25) is 5.15 Å². The molecule has 1 saturated heterocycles. The molecule has 8 heteroatoms. The van der Waals surface area contributed by atoms with Crippen LogP contribution < -0.4 is 10.5 Å². The highest BCUT2D eigenvalue weighted by Gasteiger charge is 2.35. The van der Waals surface area contributed by atoms with Crippen molar-refractivity contribution in [3.63, 3.8) is 0 Å². The van der Waals surface area contributed by atoms with Crippen molar-refractivity contribution in [3.8, 4) is 6.07 Å². The van der Waals surface area contributed by atoms with Gasteiger partial charge >= 0.3 is 0 Å². The third-order valence-corrected chi connectivity index (χ3v) is 7.33. The fourth-order valence-corrected chi connectivity index (χ4v) is 5.35. The fraction of sp³-hybridized carbons (Fsp3) is 0.400. The van der Waals surface area contributed by atoms with Gasteiger partial charge in [0, 0.05) is 39.3 Å². The normalized spacial score (nSPS) is 18.2. The van der Waals surface area contributed by atoms with Crippen LogP contribution in [0.3, 0.4) is 0 Å². The van der Waals surface area contributed by atoms with Gasteiger partial charge in [-0.15, -0.1) is 0 Å². The van der Waals surface area contributed by atoms with Gasteiger partial charge in [-0.2, -0.15) is 5.26 Å². The monoisotopic (exact) mass is 465 g/mol. The van der Waals surface area contributed by atoms with E-state index in [4.69, 9.17) is 11.6 Å². The Labute approximate surface area is 196 Å². The Morgan fingerprint density at radius 1 is 1.12 bits per heavy atom. The zero-order valence-corrected chi connectivity index (χ0v) is 19.2. The van der Waals surface area contributed by atoms with E-state index in [1.807, 2.05) is 12.1 Å². The molecule has 0 spiro atoms. The third kappa shape index (κ3) is 3.88. The van der Waals surface area contributed by atoms with Gasteiger partial charge in [-0.1, -0.05) is 30.2 Å². The molecule has 0 amide bonds. The number of aryl methyl sites for hydroxylation is 1. The Hall–Kier alpha value is -2.95. The fourth-order valence-electron chi connectivity index (χ4n) is 5.20. The second-order valence-electron chi connectivity index (χ2n) is 8.91. The average molecular weight is 466 g/mol. The van der Waals surface area contributed by atoms with Gasteiger partial charge < -0.3 is 9.47 Å². The molecule has 1 aromatic carbocycles. The second kappa shape index (κ2) is 8.77. The number of nitriles is 1. The van der Waals surface area contributed by atoms with E-state index in [0.717, 1.165) is 18.7 Å². The summed E-state index contributed by atoms with van der Waals surface area (Å²) >= 11 is 6.18. The maximum atomic E-state index is 13.5. The van der Waals surface area contributed by atoms with Gasteiger partial charge in [-0.3, -0.25) is 9.69 Å². The molecule has 1 unspecified atom stereocenters. The van der Waals surface area contributed by atoms with Crippen molar-refractivity contribution in [2.24, 2.45) is 13.0 Å². The van der Waals surface area contributed by atoms with Crippen molar-refractivity contribution in [2.75, 3.05) is 31.1 Å². The zero-order valence-electron chi connectivity index (χ0n) is 18.5. The first-order valence-electron chi connectivity index (χ1n) is 11.3. The van der Waals surface area contributed by atoms with E-state index in [-0.39, 0.29) is 23.0 Å². The molecule has 1 saturated carbocycles. The minimum Gasteiger partial charge on any atom is -0.366 e. The predicted molar refractivity (Wildman–Crippen MR) is 127 cm³/mol. The van der Waals surface area contributed by atoms with E-state index in [1.54, 1.807) is 19.2 Å². The van der Waals surface area contributed by atoms with Crippen LogP contribution in [0.5, 0.6) is 0 Å². The lowest BCUT2D eigenvalue weighted by atomic mass is 9.76. The SMILES string of the molecule is Cn1c(=O)c(C#N)c(N2CCN(C(c3ccc(F)cc3)C3CCC3)CC2)c2nc(Cl)ccc21. The molecule has 1 aliphatic carbocycles. The Morgan fingerprint density at radius 2 is 1.82 bits per heavy atom. The van der Waals surface area contributed by atoms with Crippen LogP contribution >= 0.6 is 11.6 Å². The van der Waals surface area contributed by atoms with Crippen LogP contribution in [-0.4, -0.2) is 40.6 Å². The summed E-state index contributed by atoms with van der Waals surface area (Å²) < 4.78 is 15.0. The van der Waals surface area contributed by atoms with Crippen molar-refractivity contribution in [1.82, 2.24) is 14.5 Å². The highest BCUT2D eigenvalue weighted by atomic mass is 35.5. The average Bonchev–Trinajstić information content (AvgIpc) is 2.79. The summed E-state index contributed by atoms with van der Waals surface area (Å²) in [5.41, 5.74) is 2.72. The predicted octanol–water partition coefficient (Wildman–Crippen LogP) is 4.26. The number of hydrogen-bond acceptors (Lipinski definition) is 5. The molecule has 2 aliphatic rings. The molecule has 2 fully saturated rings. The van der Waals surface area contributed by atoms with Gasteiger partial charge in [0.15, 0.2) is 0 Å². The molecule has 1 aliphatic heterocycles. The lowest BCUT2D eigenvalue weighted by Gasteiger charge is -2.45. The van der Waals surface area contributed by atoms with E-state index in [1.165, 1.54) is 36.0 Å². The lowest BCUT2D eigenvalue weighted by Crippen LogP contribution is -2.50. The zero-order chi connectivity index (χ0) is 23.1. The molecule has 0 bridgehead atoms. The molecule has 3 heterocycles. The first-order valence-corrected chi connectivity index (χ1v) is 11.7. The van der Waals surface area contributed by atoms with E-state index in [2.05, 4.69) is 20.9 Å². The summed E-state index contributed by atoms with van der Waals surface area (Å²) in [6.45, 7) is 2.88. The van der Waals surface area contributed by atoms with Gasteiger partial charge in [-0.05, 0) is 48.6 Å². The molecule has 1 atom stereocenters. The van der Waals surface area contributed by atoms with Gasteiger partial charge in [0.25, 0.3) is 5.56 Å². The number of rotatable bonds is 4. The maximum Gasteiger partial charge on any atom is 0.270 e. The topological polar surface area (TPSA) is 65.2 Å². The Kier molecular flexibility index (Phi) is 5.81. The largest absolute Gasteiger partial charge is 0.366 e. The molecule has 0 radical (unpaired) electrons. The van der Waals surface area contributed by atoms with Gasteiger partial charge in [-0.25, -0.2) is 9.37 Å². The molecule has 2 aromatic heterocycles. The van der Waals surface area contributed by atoms with Crippen LogP contribution in [0.25, 0.3) is 11.0 Å². The van der Waals surface area contributed by atoms with Crippen LogP contribution in [0.4, 0.5) is 10.1 Å². The summed E-state index contributed by atoms with van der Waals surface area (Å²) in [5.74, 6) is 0.352. The number of piperazine rings is 1. The molecule has 0 N–H and O–H groups in total. The van der Waals surface area contributed by atoms with Crippen molar-refractivity contribution in [2.45, 2.75) is 25.3 Å². The number of fused-ring (bicyclic) bond motifs is 1. The van der Waals surface area contributed by atoms with Crippen LogP contribution in [0.1, 0.15) is 36.4 Å². The molecule has 170 valence electrons. The van der Waals surface area contributed by atoms with E-state index < -0.39 is 0 Å². The number of pyridine rings is 2. The summed E-state index contributed by atoms with van der Waals surface area (Å²) in [5, 5.41) is 10.1. The highest BCUT2D eigenvalue weighted by Crippen LogP contribution is 2.42. The van der Waals surface area contributed by atoms with Gasteiger partial charge in [0.1, 0.15) is 28.1 Å². The standard InChI is InChI=1S/C25H25ClFN5O/c1-30-20-9-10-21(26)29-22(20)24(19(15-28)25(30)33)32-13-11-31(12-14-32)23(16-3-2-4-16)17-5-7-18(27)8-6-17/h5-10,16,23H,2-4,11-14H2,1H3. The molecular formula is C25H25ClFN5O. The van der Waals surface area contributed by atoms with Crippen LogP contribution in [-0.2, 0) is 7.05 Å². The quantitative estimate of drug-likeness (QED) is 0.538. The summed E-state index contributed by atoms with van der Waals surface area (Å²) in [4.78, 5) is 21.9. The van der Waals surface area contributed by atoms with E-state index in [0.29, 0.717) is 40.9 Å². The number of hydrogen-bond donors (Lipinski definition) is 0. The Morgan fingerprint density at radius 3 is 2.42 bits per heavy atom. The minimum atomic E-state index is -0.329. The van der Waals surface area contributed by atoms with Crippen molar-refractivity contribution in [1.29, 1.82) is 5.26 Å². The summed E-state index contributed by atoms with van der Waals surface area (Å²) in [6.07, 6.45) is 3.60. The van der Waals surface area contributed by atoms with Crippen LogP contribution in [0, 0.1) is 23.1 Å². The molecule has 33 heavy (non-hydrogen) atoms. The number of benzene rings is 1. The first-order chi connectivity index (χ1) is 16.0. The molecule has 6 nitrogen and oxygen atoms in total. The maximum absolute atomic E-state index is 13.5. The minimum absolute atomic E-state index is 0.0993. The highest BCUT2D eigenvalue weighted by molar-refractivity contribution is 6.29. The third-order valence-electron chi connectivity index (χ3n) is 7.12. The molecule has 5 rings (SSSR count). The van der Waals surface area contributed by atoms with Gasteiger partial charge in [0.05, 0.1) is 11.2 Å². The smallest absolute Gasteiger partial charge is 0.270 e. The number of halogens is 2. The summed E-state index contributed by atoms with van der Waals surface area (Å²) in [6, 6.07) is 12.7. The Balaban J connectivity index is 1.47.